The number of carbonyl (C=O) groups is 1. The van der Waals surface area contributed by atoms with E-state index in [-0.39, 0.29) is 12.1 Å². The molecular weight excluding hydrogens is 242 g/mol. The highest BCUT2D eigenvalue weighted by atomic mass is 19.1. The van der Waals surface area contributed by atoms with Crippen LogP contribution in [0.5, 0.6) is 0 Å². The van der Waals surface area contributed by atoms with Crippen molar-refractivity contribution in [3.63, 3.8) is 0 Å². The Bertz CT molecular complexity index is 535. The maximum absolute atomic E-state index is 13.6. The second kappa shape index (κ2) is 5.65. The van der Waals surface area contributed by atoms with Gasteiger partial charge in [0.25, 0.3) is 0 Å². The number of benzene rings is 1. The molecule has 1 aromatic carbocycles. The number of halogens is 2. The quantitative estimate of drug-likeness (QED) is 0.819. The van der Waals surface area contributed by atoms with Crippen LogP contribution in [0.1, 0.15) is 5.56 Å². The molecule has 0 atom stereocenters. The molecule has 1 rings (SSSR count). The Hall–Kier alpha value is -2.60. The fraction of sp³-hybridized carbons (Fsp3) is 0.167. The van der Waals surface area contributed by atoms with E-state index in [2.05, 4.69) is 5.92 Å². The number of nitrogens with zero attached hydrogens (tertiary/aromatic N) is 2. The van der Waals surface area contributed by atoms with Gasteiger partial charge in [0, 0.05) is 0 Å². The number of rotatable bonds is 4. The first-order valence-corrected chi connectivity index (χ1v) is 4.79. The van der Waals surface area contributed by atoms with Crippen molar-refractivity contribution in [2.75, 3.05) is 18.0 Å². The predicted molar refractivity (Wildman–Crippen MR) is 59.8 cm³/mol. The van der Waals surface area contributed by atoms with E-state index < -0.39 is 29.8 Å². The lowest BCUT2D eigenvalue weighted by Gasteiger charge is -2.21. The maximum atomic E-state index is 13.6. The Morgan fingerprint density at radius 3 is 2.39 bits per heavy atom. The molecule has 0 saturated carbocycles. The van der Waals surface area contributed by atoms with Gasteiger partial charge in [-0.2, -0.15) is 5.26 Å². The van der Waals surface area contributed by atoms with Gasteiger partial charge in [0.15, 0.2) is 11.6 Å². The number of hydrogen-bond donors (Lipinski definition) is 1. The smallest absolute Gasteiger partial charge is 0.323 e. The molecule has 4 nitrogen and oxygen atoms in total. The Kier molecular flexibility index (Phi) is 4.22. The van der Waals surface area contributed by atoms with Crippen LogP contribution in [0, 0.1) is 35.3 Å². The van der Waals surface area contributed by atoms with Crippen molar-refractivity contribution >= 4 is 11.7 Å². The molecule has 0 bridgehead atoms. The van der Waals surface area contributed by atoms with Crippen LogP contribution in [-0.2, 0) is 4.79 Å². The van der Waals surface area contributed by atoms with Crippen molar-refractivity contribution in [3.05, 3.63) is 29.3 Å². The molecule has 92 valence electrons. The lowest BCUT2D eigenvalue weighted by atomic mass is 10.2. The van der Waals surface area contributed by atoms with E-state index in [1.54, 1.807) is 6.07 Å². The minimum Gasteiger partial charge on any atom is -0.480 e. The fourth-order valence-electron chi connectivity index (χ4n) is 1.42. The van der Waals surface area contributed by atoms with Crippen LogP contribution in [0.15, 0.2) is 12.1 Å². The molecule has 0 radical (unpaired) electrons. The third-order valence-corrected chi connectivity index (χ3v) is 2.07. The summed E-state index contributed by atoms with van der Waals surface area (Å²) in [4.78, 5) is 11.5. The summed E-state index contributed by atoms with van der Waals surface area (Å²) in [7, 11) is 0. The second-order valence-corrected chi connectivity index (χ2v) is 3.35. The topological polar surface area (TPSA) is 64.3 Å². The number of anilines is 1. The molecule has 0 spiro atoms. The van der Waals surface area contributed by atoms with Gasteiger partial charge >= 0.3 is 5.97 Å². The number of terminal acetylenes is 1. The largest absolute Gasteiger partial charge is 0.480 e. The SMILES string of the molecule is C#CCN(CC(=O)O)c1c(F)cc(C#N)cc1F. The summed E-state index contributed by atoms with van der Waals surface area (Å²) < 4.78 is 27.3. The molecule has 18 heavy (non-hydrogen) atoms. The van der Waals surface area contributed by atoms with E-state index in [9.17, 15) is 13.6 Å². The first-order chi connectivity index (χ1) is 8.49. The van der Waals surface area contributed by atoms with Gasteiger partial charge < -0.3 is 10.0 Å². The zero-order valence-corrected chi connectivity index (χ0v) is 9.15. The number of aliphatic carboxylic acids is 1. The zero-order chi connectivity index (χ0) is 13.7. The Morgan fingerprint density at radius 1 is 1.44 bits per heavy atom. The van der Waals surface area contributed by atoms with E-state index in [1.807, 2.05) is 0 Å². The lowest BCUT2D eigenvalue weighted by Crippen LogP contribution is -2.31. The summed E-state index contributed by atoms with van der Waals surface area (Å²) in [6.45, 7) is -0.893. The average molecular weight is 250 g/mol. The van der Waals surface area contributed by atoms with Crippen molar-refractivity contribution in [2.45, 2.75) is 0 Å². The van der Waals surface area contributed by atoms with E-state index in [1.165, 1.54) is 0 Å². The molecule has 0 unspecified atom stereocenters. The average Bonchev–Trinajstić information content (AvgIpc) is 2.27. The number of carboxylic acid groups (broad SMARTS) is 1. The minimum absolute atomic E-state index is 0.190. The standard InChI is InChI=1S/C12H8F2N2O2/c1-2-3-16(7-11(17)18)12-9(13)4-8(6-15)5-10(12)14/h1,4-5H,3,7H2,(H,17,18). The second-order valence-electron chi connectivity index (χ2n) is 3.35. The molecule has 1 N–H and O–H groups in total. The minimum atomic E-state index is -1.27. The van der Waals surface area contributed by atoms with Gasteiger partial charge in [0.05, 0.1) is 18.2 Å². The van der Waals surface area contributed by atoms with E-state index in [0.29, 0.717) is 0 Å². The normalized spacial score (nSPS) is 9.33. The van der Waals surface area contributed by atoms with Crippen LogP contribution in [0.25, 0.3) is 0 Å². The van der Waals surface area contributed by atoms with Gasteiger partial charge in [-0.05, 0) is 12.1 Å². The van der Waals surface area contributed by atoms with Crippen LogP contribution in [0.4, 0.5) is 14.5 Å². The molecule has 0 aliphatic rings. The van der Waals surface area contributed by atoms with Crippen molar-refractivity contribution in [2.24, 2.45) is 0 Å². The van der Waals surface area contributed by atoms with Gasteiger partial charge in [-0.25, -0.2) is 8.78 Å². The summed E-state index contributed by atoms with van der Waals surface area (Å²) in [5.41, 5.74) is -0.737. The highest BCUT2D eigenvalue weighted by molar-refractivity contribution is 5.74. The van der Waals surface area contributed by atoms with E-state index in [0.717, 1.165) is 17.0 Å². The zero-order valence-electron chi connectivity index (χ0n) is 9.15. The van der Waals surface area contributed by atoms with Crippen molar-refractivity contribution < 1.29 is 18.7 Å². The van der Waals surface area contributed by atoms with Crippen molar-refractivity contribution in [1.82, 2.24) is 0 Å². The fourth-order valence-corrected chi connectivity index (χ4v) is 1.42. The van der Waals surface area contributed by atoms with Crippen LogP contribution >= 0.6 is 0 Å². The summed E-state index contributed by atoms with van der Waals surface area (Å²) >= 11 is 0. The molecule has 0 amide bonds. The van der Waals surface area contributed by atoms with Crippen LogP contribution in [0.3, 0.4) is 0 Å². The molecule has 0 aliphatic heterocycles. The van der Waals surface area contributed by atoms with Gasteiger partial charge in [-0.1, -0.05) is 5.92 Å². The molecule has 0 saturated heterocycles. The molecule has 0 heterocycles. The molecule has 1 aromatic rings. The summed E-state index contributed by atoms with van der Waals surface area (Å²) in [6.07, 6.45) is 5.02. The first kappa shape index (κ1) is 13.5. The highest BCUT2D eigenvalue weighted by Gasteiger charge is 2.19. The molecular formula is C12H8F2N2O2. The summed E-state index contributed by atoms with van der Waals surface area (Å²) in [5.74, 6) is -1.20. The van der Waals surface area contributed by atoms with Crippen molar-refractivity contribution in [3.8, 4) is 18.4 Å². The Morgan fingerprint density at radius 2 is 2.00 bits per heavy atom. The molecule has 0 fully saturated rings. The van der Waals surface area contributed by atoms with Crippen LogP contribution in [-0.4, -0.2) is 24.2 Å². The van der Waals surface area contributed by atoms with Gasteiger partial charge in [-0.15, -0.1) is 6.42 Å². The maximum Gasteiger partial charge on any atom is 0.323 e. The highest BCUT2D eigenvalue weighted by Crippen LogP contribution is 2.24. The predicted octanol–water partition coefficient (Wildman–Crippen LogP) is 1.36. The third kappa shape index (κ3) is 2.96. The Balaban J connectivity index is 3.25. The third-order valence-electron chi connectivity index (χ3n) is 2.07. The summed E-state index contributed by atoms with van der Waals surface area (Å²) in [5, 5.41) is 17.2. The van der Waals surface area contributed by atoms with Gasteiger partial charge in [0.1, 0.15) is 12.2 Å². The number of nitriles is 1. The van der Waals surface area contributed by atoms with Crippen molar-refractivity contribution in [1.29, 1.82) is 5.26 Å². The van der Waals surface area contributed by atoms with Crippen LogP contribution < -0.4 is 4.90 Å². The molecule has 0 aliphatic carbocycles. The first-order valence-electron chi connectivity index (χ1n) is 4.79. The molecule has 0 aromatic heterocycles. The van der Waals surface area contributed by atoms with E-state index in [4.69, 9.17) is 16.8 Å². The monoisotopic (exact) mass is 250 g/mol. The van der Waals surface area contributed by atoms with Gasteiger partial charge in [0.2, 0.25) is 0 Å². The Labute approximate surface area is 102 Å². The van der Waals surface area contributed by atoms with Gasteiger partial charge in [-0.3, -0.25) is 4.79 Å². The van der Waals surface area contributed by atoms with E-state index >= 15 is 0 Å². The number of hydrogen-bond acceptors (Lipinski definition) is 3. The molecule has 6 heteroatoms. The lowest BCUT2D eigenvalue weighted by molar-refractivity contribution is -0.135. The number of carboxylic acids is 1. The van der Waals surface area contributed by atoms with Crippen LogP contribution in [0.2, 0.25) is 0 Å². The summed E-state index contributed by atoms with van der Waals surface area (Å²) in [6, 6.07) is 3.24.